The molecule has 0 saturated carbocycles. The largest absolute Gasteiger partial charge is 0.272 e. The highest BCUT2D eigenvalue weighted by Gasteiger charge is 2.07. The molecular weight excluding hydrogens is 214 g/mol. The minimum atomic E-state index is 0.765. The predicted molar refractivity (Wildman–Crippen MR) is 60.1 cm³/mol. The number of hydrogen-bond donors (Lipinski definition) is 1. The number of nitrogens with two attached hydrogens (primary N) is 1. The molecule has 0 saturated heterocycles. The predicted octanol–water partition coefficient (Wildman–Crippen LogP) is 2.48. The van der Waals surface area contributed by atoms with Crippen LogP contribution in [0.3, 0.4) is 0 Å². The van der Waals surface area contributed by atoms with Crippen molar-refractivity contribution in [1.29, 1.82) is 0 Å². The molecule has 0 unspecified atom stereocenters. The quantitative estimate of drug-likeness (QED) is 0.795. The molecule has 14 heavy (non-hydrogen) atoms. The van der Waals surface area contributed by atoms with Gasteiger partial charge in [0.1, 0.15) is 0 Å². The highest BCUT2D eigenvalue weighted by Crippen LogP contribution is 2.24. The first-order valence-electron chi connectivity index (χ1n) is 4.07. The molecule has 0 aliphatic heterocycles. The Morgan fingerprint density at radius 2 is 2.14 bits per heavy atom. The van der Waals surface area contributed by atoms with Crippen molar-refractivity contribution in [3.05, 3.63) is 29.8 Å². The lowest BCUT2D eigenvalue weighted by Crippen LogP contribution is -1.85. The Morgan fingerprint density at radius 1 is 1.36 bits per heavy atom. The van der Waals surface area contributed by atoms with Crippen molar-refractivity contribution in [2.24, 2.45) is 5.14 Å². The van der Waals surface area contributed by atoms with Gasteiger partial charge in [-0.1, -0.05) is 24.3 Å². The van der Waals surface area contributed by atoms with Crippen LogP contribution < -0.4 is 5.14 Å². The first kappa shape index (κ1) is 9.64. The van der Waals surface area contributed by atoms with Crippen LogP contribution >= 0.6 is 23.5 Å². The third-order valence-corrected chi connectivity index (χ3v) is 3.21. The maximum Gasteiger partial charge on any atom is 0.185 e. The second kappa shape index (κ2) is 4.08. The average Bonchev–Trinajstić information content (AvgIpc) is 2.67. The fraction of sp³-hybridized carbons (Fsp3) is 0.111. The van der Waals surface area contributed by atoms with Gasteiger partial charge in [0.2, 0.25) is 0 Å². The molecule has 0 amide bonds. The van der Waals surface area contributed by atoms with Gasteiger partial charge in [-0.2, -0.15) is 4.37 Å². The molecule has 1 heterocycles. The zero-order valence-corrected chi connectivity index (χ0v) is 9.23. The molecule has 0 radical (unpaired) electrons. The Labute approximate surface area is 90.7 Å². The van der Waals surface area contributed by atoms with Crippen molar-refractivity contribution >= 4 is 23.5 Å². The Morgan fingerprint density at radius 3 is 2.79 bits per heavy atom. The fourth-order valence-corrected chi connectivity index (χ4v) is 2.04. The van der Waals surface area contributed by atoms with Crippen molar-refractivity contribution < 1.29 is 0 Å². The third kappa shape index (κ3) is 1.79. The Balaban J connectivity index is 2.44. The van der Waals surface area contributed by atoms with Gasteiger partial charge in [-0.05, 0) is 36.0 Å². The zero-order chi connectivity index (χ0) is 9.97. The zero-order valence-electron chi connectivity index (χ0n) is 7.60. The van der Waals surface area contributed by atoms with Crippen LogP contribution in [-0.4, -0.2) is 9.36 Å². The number of benzene rings is 1. The summed E-state index contributed by atoms with van der Waals surface area (Å²) in [5.74, 6) is 0.765. The number of rotatable bonds is 2. The molecule has 2 N–H and O–H groups in total. The van der Waals surface area contributed by atoms with Crippen molar-refractivity contribution in [1.82, 2.24) is 9.36 Å². The van der Waals surface area contributed by atoms with E-state index in [1.807, 2.05) is 31.2 Å². The van der Waals surface area contributed by atoms with Gasteiger partial charge in [0.25, 0.3) is 0 Å². The summed E-state index contributed by atoms with van der Waals surface area (Å²) in [6.07, 6.45) is 0. The van der Waals surface area contributed by atoms with E-state index in [2.05, 4.69) is 9.36 Å². The summed E-state index contributed by atoms with van der Waals surface area (Å²) >= 11 is 2.46. The van der Waals surface area contributed by atoms with Crippen molar-refractivity contribution in [2.75, 3.05) is 0 Å². The Hall–Kier alpha value is -0.910. The molecule has 1 aromatic carbocycles. The summed E-state index contributed by atoms with van der Waals surface area (Å²) in [5, 5.41) is 5.40. The minimum absolute atomic E-state index is 0.765. The van der Waals surface area contributed by atoms with Crippen molar-refractivity contribution in [2.45, 2.75) is 11.3 Å². The molecule has 2 aromatic rings. The third-order valence-electron chi connectivity index (χ3n) is 1.89. The van der Waals surface area contributed by atoms with Crippen LogP contribution in [0.15, 0.2) is 28.6 Å². The van der Waals surface area contributed by atoms with Crippen LogP contribution in [0, 0.1) is 6.92 Å². The molecule has 0 fully saturated rings. The van der Waals surface area contributed by atoms with Crippen LogP contribution in [0.25, 0.3) is 11.4 Å². The summed E-state index contributed by atoms with van der Waals surface area (Å²) in [4.78, 5) is 4.31. The van der Waals surface area contributed by atoms with Gasteiger partial charge >= 0.3 is 0 Å². The number of hydrogen-bond acceptors (Lipinski definition) is 5. The minimum Gasteiger partial charge on any atom is -0.272 e. The van der Waals surface area contributed by atoms with Gasteiger partial charge in [0.15, 0.2) is 10.2 Å². The van der Waals surface area contributed by atoms with Gasteiger partial charge in [-0.25, -0.2) is 4.98 Å². The van der Waals surface area contributed by atoms with Crippen molar-refractivity contribution in [3.63, 3.8) is 0 Å². The number of aryl methyl sites for hydroxylation is 1. The molecular formula is C9H9N3S2. The Bertz CT molecular complexity index is 439. The van der Waals surface area contributed by atoms with Gasteiger partial charge in [0, 0.05) is 5.56 Å². The summed E-state index contributed by atoms with van der Waals surface area (Å²) in [6, 6.07) is 8.05. The number of nitrogens with zero attached hydrogens (tertiary/aromatic N) is 2. The highest BCUT2D eigenvalue weighted by molar-refractivity contribution is 7.98. The van der Waals surface area contributed by atoms with Gasteiger partial charge < -0.3 is 0 Å². The first-order chi connectivity index (χ1) is 6.81. The van der Waals surface area contributed by atoms with E-state index in [4.69, 9.17) is 5.14 Å². The van der Waals surface area contributed by atoms with Crippen molar-refractivity contribution in [3.8, 4) is 11.4 Å². The molecule has 5 heteroatoms. The summed E-state index contributed by atoms with van der Waals surface area (Å²) in [5.41, 5.74) is 2.25. The van der Waals surface area contributed by atoms with E-state index < -0.39 is 0 Å². The van der Waals surface area contributed by atoms with E-state index >= 15 is 0 Å². The number of aromatic nitrogens is 2. The monoisotopic (exact) mass is 223 g/mol. The van der Waals surface area contributed by atoms with Crippen LogP contribution in [-0.2, 0) is 0 Å². The maximum atomic E-state index is 5.40. The normalized spacial score (nSPS) is 10.4. The fourth-order valence-electron chi connectivity index (χ4n) is 1.19. The van der Waals surface area contributed by atoms with Gasteiger partial charge in [-0.3, -0.25) is 5.14 Å². The highest BCUT2D eigenvalue weighted by atomic mass is 32.2. The molecule has 1 aromatic heterocycles. The van der Waals surface area contributed by atoms with Gasteiger partial charge in [-0.15, -0.1) is 0 Å². The van der Waals surface area contributed by atoms with E-state index in [0.717, 1.165) is 27.7 Å². The van der Waals surface area contributed by atoms with E-state index in [-0.39, 0.29) is 0 Å². The van der Waals surface area contributed by atoms with E-state index in [1.54, 1.807) is 0 Å². The molecule has 0 aliphatic rings. The molecule has 0 atom stereocenters. The van der Waals surface area contributed by atoms with E-state index in [1.165, 1.54) is 17.1 Å². The topological polar surface area (TPSA) is 51.8 Å². The summed E-state index contributed by atoms with van der Waals surface area (Å²) in [7, 11) is 0. The van der Waals surface area contributed by atoms with Gasteiger partial charge in [0.05, 0.1) is 0 Å². The molecule has 0 bridgehead atoms. The lowest BCUT2D eigenvalue weighted by atomic mass is 10.1. The summed E-state index contributed by atoms with van der Waals surface area (Å²) < 4.78 is 5.04. The molecule has 2 rings (SSSR count). The molecule has 0 aliphatic carbocycles. The molecule has 0 spiro atoms. The van der Waals surface area contributed by atoms with Crippen LogP contribution in [0.1, 0.15) is 5.56 Å². The lowest BCUT2D eigenvalue weighted by Gasteiger charge is -1.98. The standard InChI is InChI=1S/C9H9N3S2/c1-6-4-2-3-5-7(6)8-11-9(13-10)14-12-8/h2-5H,10H2,1H3. The lowest BCUT2D eigenvalue weighted by molar-refractivity contribution is 1.21. The first-order valence-corrected chi connectivity index (χ1v) is 5.73. The Kier molecular flexibility index (Phi) is 2.81. The molecule has 72 valence electrons. The second-order valence-electron chi connectivity index (χ2n) is 2.82. The van der Waals surface area contributed by atoms with Crippen LogP contribution in [0.4, 0.5) is 0 Å². The molecule has 3 nitrogen and oxygen atoms in total. The summed E-state index contributed by atoms with van der Waals surface area (Å²) in [6.45, 7) is 2.05. The van der Waals surface area contributed by atoms with Crippen LogP contribution in [0.2, 0.25) is 0 Å². The van der Waals surface area contributed by atoms with E-state index in [9.17, 15) is 0 Å². The van der Waals surface area contributed by atoms with E-state index in [0.29, 0.717) is 0 Å². The average molecular weight is 223 g/mol. The second-order valence-corrected chi connectivity index (χ2v) is 4.45. The SMILES string of the molecule is Cc1ccccc1-c1nsc(SN)n1. The smallest absolute Gasteiger partial charge is 0.185 e. The van der Waals surface area contributed by atoms with Crippen LogP contribution in [0.5, 0.6) is 0 Å². The maximum absolute atomic E-state index is 5.40.